The van der Waals surface area contributed by atoms with Crippen molar-refractivity contribution in [2.75, 3.05) is 0 Å². The molecule has 0 radical (unpaired) electrons. The molecule has 0 saturated heterocycles. The third kappa shape index (κ3) is 2.51. The summed E-state index contributed by atoms with van der Waals surface area (Å²) in [6.07, 6.45) is 10.2. The molecular weight excluding hydrogens is 152 g/mol. The maximum absolute atomic E-state index is 9.51. The summed E-state index contributed by atoms with van der Waals surface area (Å²) >= 11 is 0. The van der Waals surface area contributed by atoms with Gasteiger partial charge < -0.3 is 9.67 Å². The average Bonchev–Trinajstić information content (AvgIpc) is 2.56. The van der Waals surface area contributed by atoms with Gasteiger partial charge >= 0.3 is 0 Å². The van der Waals surface area contributed by atoms with E-state index in [9.17, 15) is 5.11 Å². The topological polar surface area (TPSA) is 38.0 Å². The number of aliphatic hydroxyl groups excluding tert-OH is 1. The van der Waals surface area contributed by atoms with Crippen LogP contribution in [0.15, 0.2) is 30.9 Å². The van der Waals surface area contributed by atoms with Gasteiger partial charge in [-0.3, -0.25) is 0 Å². The Morgan fingerprint density at radius 1 is 1.58 bits per heavy atom. The van der Waals surface area contributed by atoms with Crippen LogP contribution in [-0.2, 0) is 0 Å². The summed E-state index contributed by atoms with van der Waals surface area (Å²) in [6.45, 7) is 2.07. The molecule has 0 spiro atoms. The highest BCUT2D eigenvalue weighted by Crippen LogP contribution is 2.06. The van der Waals surface area contributed by atoms with Gasteiger partial charge in [-0.15, -0.1) is 0 Å². The second-order valence-electron chi connectivity index (χ2n) is 2.61. The number of imidazole rings is 1. The van der Waals surface area contributed by atoms with E-state index in [0.717, 1.165) is 6.42 Å². The van der Waals surface area contributed by atoms with Gasteiger partial charge in [0.15, 0.2) is 0 Å². The van der Waals surface area contributed by atoms with Gasteiger partial charge in [0.2, 0.25) is 0 Å². The molecule has 0 aliphatic rings. The molecule has 1 heterocycles. The molecule has 0 saturated carbocycles. The Kier molecular flexibility index (Phi) is 3.54. The fourth-order valence-corrected chi connectivity index (χ4v) is 0.952. The van der Waals surface area contributed by atoms with Crippen LogP contribution >= 0.6 is 0 Å². The molecule has 1 unspecified atom stereocenters. The standard InChI is InChI=1S/C9H14N2O/c1-2-3-4-5-9(12)11-7-6-10-8-11/h3-4,6-9,12H,2,5H2,1H3/b4-3-. The SMILES string of the molecule is CC/C=C\CC(O)n1ccnc1. The minimum Gasteiger partial charge on any atom is -0.373 e. The average molecular weight is 166 g/mol. The second-order valence-corrected chi connectivity index (χ2v) is 2.61. The van der Waals surface area contributed by atoms with Gasteiger partial charge in [0.1, 0.15) is 6.23 Å². The lowest BCUT2D eigenvalue weighted by molar-refractivity contribution is 0.107. The van der Waals surface area contributed by atoms with Crippen LogP contribution in [0.3, 0.4) is 0 Å². The van der Waals surface area contributed by atoms with Gasteiger partial charge in [-0.05, 0) is 6.42 Å². The Morgan fingerprint density at radius 3 is 3.00 bits per heavy atom. The molecule has 0 aromatic carbocycles. The smallest absolute Gasteiger partial charge is 0.135 e. The second kappa shape index (κ2) is 4.72. The zero-order chi connectivity index (χ0) is 8.81. The Labute approximate surface area is 72.4 Å². The number of aromatic nitrogens is 2. The van der Waals surface area contributed by atoms with E-state index in [1.165, 1.54) is 0 Å². The van der Waals surface area contributed by atoms with E-state index in [1.54, 1.807) is 23.3 Å². The highest BCUT2D eigenvalue weighted by Gasteiger charge is 2.00. The number of nitrogens with zero attached hydrogens (tertiary/aromatic N) is 2. The van der Waals surface area contributed by atoms with E-state index in [-0.39, 0.29) is 0 Å². The summed E-state index contributed by atoms with van der Waals surface area (Å²) in [6, 6.07) is 0. The highest BCUT2D eigenvalue weighted by molar-refractivity contribution is 4.84. The van der Waals surface area contributed by atoms with E-state index >= 15 is 0 Å². The third-order valence-electron chi connectivity index (χ3n) is 1.62. The minimum absolute atomic E-state index is 0.477. The van der Waals surface area contributed by atoms with Crippen LogP contribution in [0.4, 0.5) is 0 Å². The zero-order valence-corrected chi connectivity index (χ0v) is 7.22. The fourth-order valence-electron chi connectivity index (χ4n) is 0.952. The third-order valence-corrected chi connectivity index (χ3v) is 1.62. The molecule has 1 aromatic heterocycles. The summed E-state index contributed by atoms with van der Waals surface area (Å²) in [5.41, 5.74) is 0. The Bertz CT molecular complexity index is 229. The summed E-state index contributed by atoms with van der Waals surface area (Å²) in [7, 11) is 0. The summed E-state index contributed by atoms with van der Waals surface area (Å²) in [4.78, 5) is 3.85. The van der Waals surface area contributed by atoms with Crippen molar-refractivity contribution in [2.24, 2.45) is 0 Å². The molecular formula is C9H14N2O. The van der Waals surface area contributed by atoms with Crippen molar-refractivity contribution >= 4 is 0 Å². The van der Waals surface area contributed by atoms with Crippen LogP contribution in [0, 0.1) is 0 Å². The quantitative estimate of drug-likeness (QED) is 0.692. The Morgan fingerprint density at radius 2 is 2.42 bits per heavy atom. The fraction of sp³-hybridized carbons (Fsp3) is 0.444. The first kappa shape index (κ1) is 9.00. The zero-order valence-electron chi connectivity index (χ0n) is 7.22. The number of hydrogen-bond donors (Lipinski definition) is 1. The number of aliphatic hydroxyl groups is 1. The molecule has 0 amide bonds. The molecule has 1 atom stereocenters. The lowest BCUT2D eigenvalue weighted by Crippen LogP contribution is -2.03. The molecule has 0 fully saturated rings. The molecule has 1 N–H and O–H groups in total. The van der Waals surface area contributed by atoms with Crippen molar-refractivity contribution < 1.29 is 5.11 Å². The normalized spacial score (nSPS) is 13.8. The molecule has 3 heteroatoms. The van der Waals surface area contributed by atoms with Crippen LogP contribution < -0.4 is 0 Å². The minimum atomic E-state index is -0.477. The van der Waals surface area contributed by atoms with Crippen LogP contribution in [0.5, 0.6) is 0 Å². The first-order chi connectivity index (χ1) is 5.84. The molecule has 66 valence electrons. The van der Waals surface area contributed by atoms with Crippen LogP contribution in [0.25, 0.3) is 0 Å². The van der Waals surface area contributed by atoms with Crippen molar-refractivity contribution in [1.29, 1.82) is 0 Å². The maximum atomic E-state index is 9.51. The maximum Gasteiger partial charge on any atom is 0.135 e. The van der Waals surface area contributed by atoms with Gasteiger partial charge in [-0.1, -0.05) is 19.1 Å². The number of hydrogen-bond acceptors (Lipinski definition) is 2. The lowest BCUT2D eigenvalue weighted by Gasteiger charge is -2.07. The van der Waals surface area contributed by atoms with E-state index in [2.05, 4.69) is 11.9 Å². The number of rotatable bonds is 4. The van der Waals surface area contributed by atoms with Gasteiger partial charge in [0.05, 0.1) is 6.33 Å². The van der Waals surface area contributed by atoms with Crippen molar-refractivity contribution in [2.45, 2.75) is 26.0 Å². The predicted molar refractivity (Wildman–Crippen MR) is 47.5 cm³/mol. The number of allylic oxidation sites excluding steroid dienone is 1. The molecule has 12 heavy (non-hydrogen) atoms. The van der Waals surface area contributed by atoms with Crippen LogP contribution in [0.1, 0.15) is 26.0 Å². The van der Waals surface area contributed by atoms with Crippen molar-refractivity contribution in [3.63, 3.8) is 0 Å². The predicted octanol–water partition coefficient (Wildman–Crippen LogP) is 1.73. The van der Waals surface area contributed by atoms with E-state index in [1.807, 2.05) is 12.2 Å². The van der Waals surface area contributed by atoms with Crippen molar-refractivity contribution in [3.8, 4) is 0 Å². The van der Waals surface area contributed by atoms with Crippen molar-refractivity contribution in [3.05, 3.63) is 30.9 Å². The molecule has 1 rings (SSSR count). The molecule has 0 aliphatic heterocycles. The van der Waals surface area contributed by atoms with E-state index < -0.39 is 6.23 Å². The lowest BCUT2D eigenvalue weighted by atomic mass is 10.3. The van der Waals surface area contributed by atoms with Gasteiger partial charge in [-0.2, -0.15) is 0 Å². The Hall–Kier alpha value is -1.09. The molecule has 0 aliphatic carbocycles. The van der Waals surface area contributed by atoms with E-state index in [4.69, 9.17) is 0 Å². The van der Waals surface area contributed by atoms with Gasteiger partial charge in [0, 0.05) is 18.8 Å². The van der Waals surface area contributed by atoms with Crippen molar-refractivity contribution in [1.82, 2.24) is 9.55 Å². The first-order valence-electron chi connectivity index (χ1n) is 4.15. The van der Waals surface area contributed by atoms with Crippen LogP contribution in [0.2, 0.25) is 0 Å². The molecule has 0 bridgehead atoms. The summed E-state index contributed by atoms with van der Waals surface area (Å²) in [5.74, 6) is 0. The highest BCUT2D eigenvalue weighted by atomic mass is 16.3. The summed E-state index contributed by atoms with van der Waals surface area (Å²) < 4.78 is 1.68. The largest absolute Gasteiger partial charge is 0.373 e. The first-order valence-corrected chi connectivity index (χ1v) is 4.15. The molecule has 1 aromatic rings. The summed E-state index contributed by atoms with van der Waals surface area (Å²) in [5, 5.41) is 9.51. The van der Waals surface area contributed by atoms with Gasteiger partial charge in [-0.25, -0.2) is 4.98 Å². The van der Waals surface area contributed by atoms with E-state index in [0.29, 0.717) is 6.42 Å². The Balaban J connectivity index is 2.39. The molecule has 3 nitrogen and oxygen atoms in total. The van der Waals surface area contributed by atoms with Crippen LogP contribution in [-0.4, -0.2) is 14.7 Å². The monoisotopic (exact) mass is 166 g/mol. The van der Waals surface area contributed by atoms with Gasteiger partial charge in [0.25, 0.3) is 0 Å².